The van der Waals surface area contributed by atoms with Gasteiger partial charge in [0.15, 0.2) is 22.8 Å². The lowest BCUT2D eigenvalue weighted by atomic mass is 9.51. The summed E-state index contributed by atoms with van der Waals surface area (Å²) in [7, 11) is 0. The summed E-state index contributed by atoms with van der Waals surface area (Å²) in [4.78, 5) is 40.4. The molecule has 0 aromatic heterocycles. The second-order valence-electron chi connectivity index (χ2n) is 15.4. The molecule has 0 radical (unpaired) electrons. The number of ether oxygens (including phenoxy) is 4. The van der Waals surface area contributed by atoms with Crippen LogP contribution in [0, 0.1) is 17.8 Å². The lowest BCUT2D eigenvalue weighted by molar-refractivity contribution is -0.171. The van der Waals surface area contributed by atoms with Gasteiger partial charge < -0.3 is 24.1 Å². The fourth-order valence-electron chi connectivity index (χ4n) is 9.68. The molecule has 3 heterocycles. The third kappa shape index (κ3) is 3.91. The predicted octanol–water partition coefficient (Wildman–Crippen LogP) is 6.99. The minimum Gasteiger partial charge on any atom is -0.507 e. The Kier molecular flexibility index (Phi) is 6.68. The van der Waals surface area contributed by atoms with E-state index in [2.05, 4.69) is 19.6 Å². The van der Waals surface area contributed by atoms with Crippen molar-refractivity contribution in [3.8, 4) is 17.2 Å². The fraction of sp³-hybridized carbons (Fsp3) is 0.553. The normalized spacial score (nSPS) is 36.0. The van der Waals surface area contributed by atoms with Gasteiger partial charge in [-0.05, 0) is 92.6 Å². The third-order valence-electron chi connectivity index (χ3n) is 11.7. The molecule has 3 aliphatic heterocycles. The molecule has 46 heavy (non-hydrogen) atoms. The number of phenols is 1. The molecule has 1 spiro atoms. The minimum absolute atomic E-state index is 0.0546. The zero-order valence-corrected chi connectivity index (χ0v) is 27.9. The van der Waals surface area contributed by atoms with Gasteiger partial charge in [0.05, 0.1) is 5.60 Å². The van der Waals surface area contributed by atoms with Crippen molar-refractivity contribution in [1.82, 2.24) is 0 Å². The first kappa shape index (κ1) is 31.0. The smallest absolute Gasteiger partial charge is 0.298 e. The van der Waals surface area contributed by atoms with Gasteiger partial charge in [0.25, 0.3) is 6.47 Å². The van der Waals surface area contributed by atoms with Gasteiger partial charge in [0.1, 0.15) is 34.2 Å². The van der Waals surface area contributed by atoms with Gasteiger partial charge in [0, 0.05) is 40.9 Å². The Morgan fingerprint density at radius 3 is 2.52 bits per heavy atom. The van der Waals surface area contributed by atoms with Crippen molar-refractivity contribution in [3.63, 3.8) is 0 Å². The van der Waals surface area contributed by atoms with E-state index in [4.69, 9.17) is 18.9 Å². The number of allylic oxidation sites excluding steroid dienone is 5. The van der Waals surface area contributed by atoms with Crippen LogP contribution in [0.1, 0.15) is 108 Å². The molecule has 2 unspecified atom stereocenters. The van der Waals surface area contributed by atoms with Crippen molar-refractivity contribution in [2.45, 2.75) is 115 Å². The molecular weight excluding hydrogens is 584 g/mol. The van der Waals surface area contributed by atoms with Crippen molar-refractivity contribution in [3.05, 3.63) is 64.0 Å². The maximum absolute atomic E-state index is 15.0. The SMILES string of the molecule is C=C(C)C1CC[C@]2(C)C[C@H]1c1c(O)c3c(c(CC=C(C)C)c1O2)O[C@]12C(=C[C@@H]4CC1C(C)(C)O[C@]2(C/C=C(/C)OC=O)C4=O)C3=O. The summed E-state index contributed by atoms with van der Waals surface area (Å²) in [5.41, 5.74) is -0.259. The summed E-state index contributed by atoms with van der Waals surface area (Å²) in [5, 5.41) is 12.2. The number of phenolic OH excluding ortho intramolecular Hbond substituents is 1. The number of Topliss-reactive ketones (excluding diaryl/α,β-unsaturated/α-hetero) is 2. The number of ketones is 2. The maximum atomic E-state index is 15.0. The zero-order valence-electron chi connectivity index (χ0n) is 27.9. The van der Waals surface area contributed by atoms with Crippen LogP contribution in [-0.2, 0) is 25.5 Å². The summed E-state index contributed by atoms with van der Waals surface area (Å²) in [6.07, 6.45) is 8.89. The Morgan fingerprint density at radius 1 is 1.11 bits per heavy atom. The van der Waals surface area contributed by atoms with E-state index in [0.29, 0.717) is 53.9 Å². The summed E-state index contributed by atoms with van der Waals surface area (Å²) in [6.45, 7) is 18.4. The number of hydrogen-bond donors (Lipinski definition) is 1. The van der Waals surface area contributed by atoms with E-state index >= 15 is 0 Å². The van der Waals surface area contributed by atoms with E-state index in [1.54, 1.807) is 19.1 Å². The average Bonchev–Trinajstić information content (AvgIpc) is 3.12. The summed E-state index contributed by atoms with van der Waals surface area (Å²) in [6, 6.07) is 0. The molecule has 1 N–H and O–H groups in total. The summed E-state index contributed by atoms with van der Waals surface area (Å²) < 4.78 is 26.0. The molecule has 7 aliphatic rings. The van der Waals surface area contributed by atoms with Crippen molar-refractivity contribution in [1.29, 1.82) is 0 Å². The van der Waals surface area contributed by atoms with Crippen molar-refractivity contribution in [2.24, 2.45) is 17.8 Å². The maximum Gasteiger partial charge on any atom is 0.298 e. The van der Waals surface area contributed by atoms with E-state index in [1.807, 2.05) is 34.6 Å². The average molecular weight is 629 g/mol. The van der Waals surface area contributed by atoms with E-state index in [-0.39, 0.29) is 52.8 Å². The first-order valence-electron chi connectivity index (χ1n) is 16.5. The number of hydrogen-bond acceptors (Lipinski definition) is 8. The van der Waals surface area contributed by atoms with Gasteiger partial charge in [-0.3, -0.25) is 14.4 Å². The molecule has 3 fully saturated rings. The van der Waals surface area contributed by atoms with Crippen LogP contribution in [0.15, 0.2) is 47.3 Å². The van der Waals surface area contributed by atoms with Gasteiger partial charge in [-0.25, -0.2) is 0 Å². The monoisotopic (exact) mass is 628 g/mol. The zero-order chi connectivity index (χ0) is 33.1. The lowest BCUT2D eigenvalue weighted by Gasteiger charge is -2.56. The number of aromatic hydroxyl groups is 1. The Labute approximate surface area is 270 Å². The van der Waals surface area contributed by atoms with Crippen LogP contribution in [-0.4, -0.2) is 45.5 Å². The van der Waals surface area contributed by atoms with E-state index in [9.17, 15) is 19.5 Å². The minimum atomic E-state index is -1.54. The number of rotatable bonds is 7. The second-order valence-corrected chi connectivity index (χ2v) is 15.4. The first-order chi connectivity index (χ1) is 21.6. The van der Waals surface area contributed by atoms with Crippen molar-refractivity contribution < 1.29 is 38.4 Å². The van der Waals surface area contributed by atoms with Gasteiger partial charge in [0.2, 0.25) is 0 Å². The molecule has 0 amide bonds. The Morgan fingerprint density at radius 2 is 1.85 bits per heavy atom. The molecule has 6 bridgehead atoms. The summed E-state index contributed by atoms with van der Waals surface area (Å²) in [5.74, 6) is -0.231. The van der Waals surface area contributed by atoms with E-state index in [0.717, 1.165) is 24.0 Å². The molecule has 8 heteroatoms. The van der Waals surface area contributed by atoms with E-state index < -0.39 is 28.3 Å². The van der Waals surface area contributed by atoms with Crippen LogP contribution < -0.4 is 9.47 Å². The number of carbonyl (C=O) groups excluding carboxylic acids is 3. The highest BCUT2D eigenvalue weighted by atomic mass is 16.6. The Hall–Kier alpha value is -3.65. The molecular formula is C38H44O8. The Bertz CT molecular complexity index is 1700. The molecule has 7 atom stereocenters. The molecule has 1 aromatic carbocycles. The van der Waals surface area contributed by atoms with Gasteiger partial charge in [-0.15, -0.1) is 0 Å². The van der Waals surface area contributed by atoms with Crippen LogP contribution in [0.5, 0.6) is 17.2 Å². The first-order valence-corrected chi connectivity index (χ1v) is 16.5. The van der Waals surface area contributed by atoms with Crippen molar-refractivity contribution >= 4 is 18.0 Å². The lowest BCUT2D eigenvalue weighted by Crippen LogP contribution is -2.72. The van der Waals surface area contributed by atoms with Crippen molar-refractivity contribution in [2.75, 3.05) is 0 Å². The van der Waals surface area contributed by atoms with Gasteiger partial charge in [-0.2, -0.15) is 0 Å². The topological polar surface area (TPSA) is 108 Å². The van der Waals surface area contributed by atoms with Gasteiger partial charge in [-0.1, -0.05) is 29.9 Å². The van der Waals surface area contributed by atoms with Crippen LogP contribution in [0.3, 0.4) is 0 Å². The van der Waals surface area contributed by atoms with E-state index in [1.165, 1.54) is 0 Å². The predicted molar refractivity (Wildman–Crippen MR) is 171 cm³/mol. The molecule has 2 saturated carbocycles. The van der Waals surface area contributed by atoms with Gasteiger partial charge >= 0.3 is 0 Å². The van der Waals surface area contributed by atoms with Crippen LogP contribution in [0.25, 0.3) is 0 Å². The van der Waals surface area contributed by atoms with Crippen LogP contribution in [0.4, 0.5) is 0 Å². The van der Waals surface area contributed by atoms with Crippen LogP contribution in [0.2, 0.25) is 0 Å². The standard InChI is InChI=1S/C38H44O8/c1-19(2)9-10-24-32-28(25-17-36(8,44-32)13-12-23(25)20(3)4)31(41)29-30(40)26-15-22-16-27-35(6,7)46-37(34(22)42,14-11-21(5)43-18-39)38(26,27)45-33(24)29/h9,11,15,18,22-23,25,27,41H,3,10,12-14,16-17H2,1-2,4-8H3/b21-11-/t22-,23?,25-,27?,36-,37-,38-/m1/s1. The molecule has 1 saturated heterocycles. The molecule has 244 valence electrons. The number of benzene rings is 1. The number of carbonyl (C=O) groups is 3. The largest absolute Gasteiger partial charge is 0.507 e. The fourth-order valence-corrected chi connectivity index (χ4v) is 9.68. The second kappa shape index (κ2) is 9.93. The highest BCUT2D eigenvalue weighted by Gasteiger charge is 2.81. The molecule has 8 rings (SSSR count). The Balaban J connectivity index is 1.51. The third-order valence-corrected chi connectivity index (χ3v) is 11.7. The highest BCUT2D eigenvalue weighted by molar-refractivity contribution is 6.18. The van der Waals surface area contributed by atoms with Crippen LogP contribution >= 0.6 is 0 Å². The molecule has 8 nitrogen and oxygen atoms in total. The number of fused-ring (bicyclic) bond motifs is 5. The molecule has 4 aliphatic carbocycles. The molecule has 1 aromatic rings. The quantitative estimate of drug-likeness (QED) is 0.196. The highest BCUT2D eigenvalue weighted by Crippen LogP contribution is 2.69. The summed E-state index contributed by atoms with van der Waals surface area (Å²) >= 11 is 0.